The van der Waals surface area contributed by atoms with Crippen molar-refractivity contribution in [2.24, 2.45) is 0 Å². The van der Waals surface area contributed by atoms with E-state index in [1.165, 1.54) is 0 Å². The molecule has 0 radical (unpaired) electrons. The molecule has 0 bridgehead atoms. The Morgan fingerprint density at radius 1 is 0.500 bits per heavy atom. The van der Waals surface area contributed by atoms with Crippen LogP contribution in [0.25, 0.3) is 0 Å². The molecule has 1 fully saturated rings. The van der Waals surface area contributed by atoms with Gasteiger partial charge in [-0.15, -0.1) is 0 Å². The first kappa shape index (κ1) is 22.3. The zero-order chi connectivity index (χ0) is 19.1. The van der Waals surface area contributed by atoms with Crippen molar-refractivity contribution in [2.75, 3.05) is 0 Å². The molecule has 6 atom stereocenters. The fourth-order valence-corrected chi connectivity index (χ4v) is 3.70. The largest absolute Gasteiger partial charge is 0.470 e. The van der Waals surface area contributed by atoms with Crippen LogP contribution in [0.2, 0.25) is 0 Å². The molecule has 0 aliphatic heterocycles. The molecule has 0 aromatic heterocycles. The van der Waals surface area contributed by atoms with E-state index in [4.69, 9.17) is 29.4 Å². The van der Waals surface area contributed by atoms with Gasteiger partial charge in [0.1, 0.15) is 36.6 Å². The highest BCUT2D eigenvalue weighted by molar-refractivity contribution is 7.46. The van der Waals surface area contributed by atoms with Crippen LogP contribution in [0.15, 0.2) is 0 Å². The second-order valence-electron chi connectivity index (χ2n) is 4.65. The molecule has 144 valence electrons. The lowest BCUT2D eigenvalue weighted by Gasteiger charge is -2.44. The average molecular weight is 420 g/mol. The van der Waals surface area contributed by atoms with E-state index in [1.807, 2.05) is 0 Å². The second-order valence-corrected chi connectivity index (χ2v) is 8.23. The Labute approximate surface area is 133 Å². The van der Waals surface area contributed by atoms with Gasteiger partial charge in [-0.25, -0.2) is 13.7 Å². The maximum atomic E-state index is 10.9. The Morgan fingerprint density at radius 2 is 0.750 bits per heavy atom. The van der Waals surface area contributed by atoms with Crippen molar-refractivity contribution in [3.8, 4) is 0 Å². The summed E-state index contributed by atoms with van der Waals surface area (Å²) in [6.07, 6.45) is -14.3. The minimum Gasteiger partial charge on any atom is -0.387 e. The third-order valence-electron chi connectivity index (χ3n) is 2.80. The Morgan fingerprint density at radius 3 is 1.08 bits per heavy atom. The Bertz CT molecular complexity index is 574. The highest BCUT2D eigenvalue weighted by atomic mass is 31.2. The maximum Gasteiger partial charge on any atom is 0.470 e. The molecule has 0 amide bonds. The van der Waals surface area contributed by atoms with Crippen molar-refractivity contribution in [3.63, 3.8) is 0 Å². The first-order chi connectivity index (χ1) is 10.5. The maximum absolute atomic E-state index is 10.9. The van der Waals surface area contributed by atoms with Crippen LogP contribution in [0.1, 0.15) is 0 Å². The fourth-order valence-electron chi connectivity index (χ4n) is 2.01. The number of hydrogen-bond donors (Lipinski definition) is 9. The highest BCUT2D eigenvalue weighted by Gasteiger charge is 2.56. The van der Waals surface area contributed by atoms with Gasteiger partial charge in [-0.2, -0.15) is 0 Å². The molecule has 1 saturated carbocycles. The van der Waals surface area contributed by atoms with Gasteiger partial charge < -0.3 is 44.7 Å². The van der Waals surface area contributed by atoms with Crippen molar-refractivity contribution >= 4 is 23.5 Å². The molecule has 15 nitrogen and oxygen atoms in total. The van der Waals surface area contributed by atoms with Crippen LogP contribution >= 0.6 is 23.5 Å². The van der Waals surface area contributed by atoms with Gasteiger partial charge in [-0.3, -0.25) is 13.6 Å². The van der Waals surface area contributed by atoms with Gasteiger partial charge in [0.2, 0.25) is 0 Å². The molecule has 3 unspecified atom stereocenters. The van der Waals surface area contributed by atoms with E-state index in [9.17, 15) is 29.0 Å². The predicted octanol–water partition coefficient (Wildman–Crippen LogP) is -3.48. The van der Waals surface area contributed by atoms with Gasteiger partial charge in [0.05, 0.1) is 0 Å². The summed E-state index contributed by atoms with van der Waals surface area (Å²) in [6, 6.07) is 0. The number of rotatable bonds is 6. The predicted molar refractivity (Wildman–Crippen MR) is 68.8 cm³/mol. The molecule has 0 spiro atoms. The van der Waals surface area contributed by atoms with E-state index in [0.29, 0.717) is 0 Å². The van der Waals surface area contributed by atoms with Gasteiger partial charge in [0.25, 0.3) is 0 Å². The van der Waals surface area contributed by atoms with Crippen molar-refractivity contribution in [1.29, 1.82) is 0 Å². The lowest BCUT2D eigenvalue weighted by atomic mass is 9.85. The third-order valence-corrected chi connectivity index (χ3v) is 4.35. The standard InChI is InChI=1S/C6H15O15P3/c7-1-2(8)5(20-23(13,14)15)6(21-24(16,17)18)3(9)4(1)19-22(10,11)12/h1-9H,(H2,10,11,12)(H2,13,14,15)(H2,16,17,18)/t1?,2-,3+,4?,5-,6?/m0/s1. The number of aliphatic hydroxyl groups excluding tert-OH is 3. The monoisotopic (exact) mass is 420 g/mol. The molecule has 1 aliphatic rings. The van der Waals surface area contributed by atoms with E-state index in [1.54, 1.807) is 0 Å². The summed E-state index contributed by atoms with van der Waals surface area (Å²) in [6.45, 7) is 0. The van der Waals surface area contributed by atoms with Crippen molar-refractivity contribution in [1.82, 2.24) is 0 Å². The lowest BCUT2D eigenvalue weighted by Crippen LogP contribution is -2.65. The smallest absolute Gasteiger partial charge is 0.387 e. The van der Waals surface area contributed by atoms with E-state index in [2.05, 4.69) is 13.6 Å². The van der Waals surface area contributed by atoms with Gasteiger partial charge in [-0.05, 0) is 0 Å². The summed E-state index contributed by atoms with van der Waals surface area (Å²) in [5, 5.41) is 29.3. The molecule has 0 aromatic rings. The summed E-state index contributed by atoms with van der Waals surface area (Å²) >= 11 is 0. The topological polar surface area (TPSA) is 261 Å². The van der Waals surface area contributed by atoms with Crippen molar-refractivity contribution < 1.29 is 71.9 Å². The van der Waals surface area contributed by atoms with Gasteiger partial charge in [0.15, 0.2) is 0 Å². The van der Waals surface area contributed by atoms with E-state index in [0.717, 1.165) is 0 Å². The zero-order valence-corrected chi connectivity index (χ0v) is 14.0. The minimum atomic E-state index is -5.43. The van der Waals surface area contributed by atoms with Crippen molar-refractivity contribution in [3.05, 3.63) is 0 Å². The molecule has 18 heteroatoms. The molecule has 24 heavy (non-hydrogen) atoms. The van der Waals surface area contributed by atoms with E-state index >= 15 is 0 Å². The quantitative estimate of drug-likeness (QED) is 0.189. The van der Waals surface area contributed by atoms with Crippen LogP contribution in [0, 0.1) is 0 Å². The highest BCUT2D eigenvalue weighted by Crippen LogP contribution is 2.49. The fraction of sp³-hybridized carbons (Fsp3) is 1.00. The Balaban J connectivity index is 3.23. The van der Waals surface area contributed by atoms with Crippen LogP contribution < -0.4 is 0 Å². The summed E-state index contributed by atoms with van der Waals surface area (Å²) < 4.78 is 44.7. The first-order valence-electron chi connectivity index (χ1n) is 5.78. The molecular formula is C6H15O15P3. The molecule has 0 heterocycles. The van der Waals surface area contributed by atoms with Crippen molar-refractivity contribution in [2.45, 2.75) is 36.6 Å². The molecular weight excluding hydrogens is 405 g/mol. The second kappa shape index (κ2) is 7.45. The van der Waals surface area contributed by atoms with E-state index in [-0.39, 0.29) is 0 Å². The summed E-state index contributed by atoms with van der Waals surface area (Å²) in [4.78, 5) is 52.4. The van der Waals surface area contributed by atoms with Gasteiger partial charge >= 0.3 is 23.5 Å². The SMILES string of the molecule is O=P(O)(O)OC1C(O)[C@H](O)[C@H](OP(=O)(O)O)C(OP(=O)(O)O)[C@@H]1O. The average Bonchev–Trinajstić information content (AvgIpc) is 2.32. The normalized spacial score (nSPS) is 35.9. The lowest BCUT2D eigenvalue weighted by molar-refractivity contribution is -0.212. The molecule has 9 N–H and O–H groups in total. The summed E-state index contributed by atoms with van der Waals surface area (Å²) in [5.41, 5.74) is 0. The number of phosphoric ester groups is 3. The van der Waals surface area contributed by atoms with Crippen LogP contribution in [0.3, 0.4) is 0 Å². The Hall–Kier alpha value is 0.210. The van der Waals surface area contributed by atoms with Crippen LogP contribution in [-0.2, 0) is 27.3 Å². The van der Waals surface area contributed by atoms with E-state index < -0.39 is 60.1 Å². The van der Waals surface area contributed by atoms with Crippen LogP contribution in [0.5, 0.6) is 0 Å². The molecule has 0 saturated heterocycles. The third kappa shape index (κ3) is 6.50. The van der Waals surface area contributed by atoms with Gasteiger partial charge in [-0.1, -0.05) is 0 Å². The van der Waals surface area contributed by atoms with Crippen LogP contribution in [-0.4, -0.2) is 81.3 Å². The number of aliphatic hydroxyl groups is 3. The zero-order valence-electron chi connectivity index (χ0n) is 11.3. The number of hydrogen-bond acceptors (Lipinski definition) is 9. The van der Waals surface area contributed by atoms with Gasteiger partial charge in [0, 0.05) is 0 Å². The number of phosphoric acid groups is 3. The summed E-state index contributed by atoms with van der Waals surface area (Å²) in [5.74, 6) is 0. The molecule has 1 rings (SSSR count). The molecule has 1 aliphatic carbocycles. The molecule has 0 aromatic carbocycles. The first-order valence-corrected chi connectivity index (χ1v) is 10.4. The summed E-state index contributed by atoms with van der Waals surface area (Å²) in [7, 11) is -16.2. The Kier molecular flexibility index (Phi) is 6.90. The van der Waals surface area contributed by atoms with Crippen LogP contribution in [0.4, 0.5) is 0 Å². The minimum absolute atomic E-state index is 2.32.